The number of esters is 10. The van der Waals surface area contributed by atoms with Gasteiger partial charge in [0.25, 0.3) is 0 Å². The van der Waals surface area contributed by atoms with Crippen LogP contribution in [-0.4, -0.2) is 177 Å². The van der Waals surface area contributed by atoms with E-state index >= 15 is 0 Å². The molecule has 26 heteroatoms. The van der Waals surface area contributed by atoms with Gasteiger partial charge in [0, 0.05) is 69.2 Å². The summed E-state index contributed by atoms with van der Waals surface area (Å²) in [4.78, 5) is 123. The van der Waals surface area contributed by atoms with Crippen molar-refractivity contribution in [2.75, 3.05) is 19.8 Å². The summed E-state index contributed by atoms with van der Waals surface area (Å²) >= 11 is 0. The molecule has 0 aromatic rings. The highest BCUT2D eigenvalue weighted by molar-refractivity contribution is 5.70. The maximum atomic E-state index is 12.8. The Balaban J connectivity index is 2.16. The second-order valence-electron chi connectivity index (χ2n) is 14.3. The number of hydrogen-bond acceptors (Lipinski definition) is 26. The van der Waals surface area contributed by atoms with Crippen LogP contribution in [0.3, 0.4) is 0 Å². The third kappa shape index (κ3) is 15.6. The van der Waals surface area contributed by atoms with Crippen molar-refractivity contribution in [1.29, 1.82) is 0 Å². The molecule has 15 atom stereocenters. The molecule has 0 amide bonds. The first-order valence-corrected chi connectivity index (χ1v) is 19.4. The molecule has 1 N–H and O–H groups in total. The molecule has 3 heterocycles. The Morgan fingerprint density at radius 1 is 0.344 bits per heavy atom. The van der Waals surface area contributed by atoms with Gasteiger partial charge in [-0.25, -0.2) is 0 Å². The summed E-state index contributed by atoms with van der Waals surface area (Å²) in [6.45, 7) is 7.71. The van der Waals surface area contributed by atoms with Gasteiger partial charge in [0.2, 0.25) is 0 Å². The normalized spacial score (nSPS) is 32.3. The third-order valence-electron chi connectivity index (χ3n) is 8.83. The van der Waals surface area contributed by atoms with Gasteiger partial charge in [-0.05, 0) is 0 Å². The van der Waals surface area contributed by atoms with Crippen molar-refractivity contribution < 1.29 is 124 Å². The first-order valence-electron chi connectivity index (χ1n) is 19.4. The zero-order valence-corrected chi connectivity index (χ0v) is 36.4. The molecule has 3 aliphatic rings. The SMILES string of the molecule is CC(=O)OC[C@H]1O[C@H](O[C@H]2[C@H](OC(C)=O)[C@@H](OC(C)=O)[C@H](OC[C@H]3O[C@@H](O)[C@H](OC(C)=O)[C@@H](OC(C)=O)[C@@H]3OC(C)=O)O[C@@H]2COC(C)=O)[C@H](OC(C)=O)[C@@H](OC(C)=O)[C@@H]1OC(C)=O. The summed E-state index contributed by atoms with van der Waals surface area (Å²) < 4.78 is 83.7. The van der Waals surface area contributed by atoms with Crippen molar-refractivity contribution in [1.82, 2.24) is 0 Å². The fourth-order valence-corrected chi connectivity index (χ4v) is 6.80. The molecular formula is C38H52O26. The molecule has 26 nitrogen and oxygen atoms in total. The summed E-state index contributed by atoms with van der Waals surface area (Å²) in [5.41, 5.74) is 0. The largest absolute Gasteiger partial charge is 0.463 e. The van der Waals surface area contributed by atoms with Crippen LogP contribution in [0.1, 0.15) is 69.2 Å². The minimum Gasteiger partial charge on any atom is -0.463 e. The fourth-order valence-electron chi connectivity index (χ4n) is 6.80. The summed E-state index contributed by atoms with van der Waals surface area (Å²) in [6, 6.07) is 0. The number of carbonyl (C=O) groups is 10. The number of rotatable bonds is 17. The van der Waals surface area contributed by atoms with Crippen LogP contribution >= 0.6 is 0 Å². The molecule has 0 aliphatic carbocycles. The van der Waals surface area contributed by atoms with Crippen LogP contribution in [0, 0.1) is 0 Å². The second kappa shape index (κ2) is 23.9. The lowest BCUT2D eigenvalue weighted by Crippen LogP contribution is -2.67. The van der Waals surface area contributed by atoms with Crippen LogP contribution in [-0.2, 0) is 119 Å². The van der Waals surface area contributed by atoms with Crippen LogP contribution in [0.5, 0.6) is 0 Å². The van der Waals surface area contributed by atoms with Crippen LogP contribution in [0.4, 0.5) is 0 Å². The van der Waals surface area contributed by atoms with Gasteiger partial charge in [-0.15, -0.1) is 0 Å². The Morgan fingerprint density at radius 2 is 0.641 bits per heavy atom. The first-order chi connectivity index (χ1) is 29.9. The smallest absolute Gasteiger partial charge is 0.303 e. The van der Waals surface area contributed by atoms with E-state index in [4.69, 9.17) is 71.1 Å². The van der Waals surface area contributed by atoms with Gasteiger partial charge in [0.05, 0.1) is 6.61 Å². The lowest BCUT2D eigenvalue weighted by Gasteiger charge is -2.49. The minimum absolute atomic E-state index is 0.665. The van der Waals surface area contributed by atoms with Gasteiger partial charge in [-0.3, -0.25) is 47.9 Å². The van der Waals surface area contributed by atoms with Crippen molar-refractivity contribution >= 4 is 59.7 Å². The van der Waals surface area contributed by atoms with E-state index in [1.165, 1.54) is 0 Å². The fraction of sp³-hybridized carbons (Fsp3) is 0.737. The lowest BCUT2D eigenvalue weighted by atomic mass is 9.95. The maximum absolute atomic E-state index is 12.8. The van der Waals surface area contributed by atoms with E-state index in [1.807, 2.05) is 0 Å². The standard InChI is InChI=1S/C38H52O26/c1-14(39)50-11-25-28(54-17(4)42)31(56-19(6)44)35(60-23(10)48)38(63-25)64-29-26(12-51-15(2)40)62-37(34(59-22(9)47)32(29)57-20(7)45)52-13-24-27(53-16(3)41)30(55-18(5)43)33(36(49)61-24)58-21(8)46/h24-38,49H,11-13H2,1-10H3/t24-,25-,26-,27-,28-,29-,30+,31+,32+,33-,34-,35-,36-,37-,38-/m1/s1. The summed E-state index contributed by atoms with van der Waals surface area (Å²) in [5.74, 6) is -9.47. The molecule has 0 aromatic heterocycles. The van der Waals surface area contributed by atoms with Gasteiger partial charge in [0.1, 0.15) is 37.6 Å². The van der Waals surface area contributed by atoms with E-state index in [1.54, 1.807) is 0 Å². The number of hydrogen-bond donors (Lipinski definition) is 1. The highest BCUT2D eigenvalue weighted by atomic mass is 16.8. The quantitative estimate of drug-likeness (QED) is 0.123. The molecule has 0 saturated carbocycles. The molecule has 64 heavy (non-hydrogen) atoms. The number of aliphatic hydroxyl groups is 1. The Kier molecular flexibility index (Phi) is 19.8. The van der Waals surface area contributed by atoms with E-state index < -0.39 is 172 Å². The number of aliphatic hydroxyl groups excluding tert-OH is 1. The highest BCUT2D eigenvalue weighted by Gasteiger charge is 2.58. The summed E-state index contributed by atoms with van der Waals surface area (Å²) in [6.07, 6.45) is -26.3. The van der Waals surface area contributed by atoms with Crippen molar-refractivity contribution in [3.8, 4) is 0 Å². The van der Waals surface area contributed by atoms with Gasteiger partial charge < -0.3 is 76.2 Å². The second-order valence-corrected chi connectivity index (χ2v) is 14.3. The molecule has 0 radical (unpaired) electrons. The zero-order chi connectivity index (χ0) is 48.2. The van der Waals surface area contributed by atoms with Gasteiger partial charge in [-0.1, -0.05) is 0 Å². The predicted octanol–water partition coefficient (Wildman–Crippen LogP) is -1.86. The molecule has 0 spiro atoms. The molecule has 360 valence electrons. The molecule has 0 unspecified atom stereocenters. The van der Waals surface area contributed by atoms with Crippen LogP contribution in [0.15, 0.2) is 0 Å². The zero-order valence-electron chi connectivity index (χ0n) is 36.4. The first kappa shape index (κ1) is 52.8. The lowest BCUT2D eigenvalue weighted by molar-refractivity contribution is -0.365. The Labute approximate surface area is 364 Å². The van der Waals surface area contributed by atoms with E-state index in [2.05, 4.69) is 0 Å². The van der Waals surface area contributed by atoms with Gasteiger partial charge in [-0.2, -0.15) is 0 Å². The van der Waals surface area contributed by atoms with E-state index in [9.17, 15) is 53.1 Å². The number of carbonyl (C=O) groups excluding carboxylic acids is 10. The van der Waals surface area contributed by atoms with E-state index in [0.29, 0.717) is 0 Å². The van der Waals surface area contributed by atoms with Gasteiger partial charge in [0.15, 0.2) is 67.7 Å². The van der Waals surface area contributed by atoms with E-state index in [-0.39, 0.29) is 0 Å². The van der Waals surface area contributed by atoms with Crippen molar-refractivity contribution in [3.05, 3.63) is 0 Å². The van der Waals surface area contributed by atoms with E-state index in [0.717, 1.165) is 69.2 Å². The monoisotopic (exact) mass is 924 g/mol. The summed E-state index contributed by atoms with van der Waals surface area (Å²) in [7, 11) is 0. The average molecular weight is 925 g/mol. The topological polar surface area (TPSA) is 329 Å². The Bertz CT molecular complexity index is 1730. The molecule has 0 bridgehead atoms. The van der Waals surface area contributed by atoms with Crippen LogP contribution < -0.4 is 0 Å². The van der Waals surface area contributed by atoms with Gasteiger partial charge >= 0.3 is 59.7 Å². The predicted molar refractivity (Wildman–Crippen MR) is 197 cm³/mol. The average Bonchev–Trinajstić information content (AvgIpc) is 3.14. The minimum atomic E-state index is -2.02. The number of ether oxygens (including phenoxy) is 15. The molecular weight excluding hydrogens is 872 g/mol. The molecule has 3 fully saturated rings. The summed E-state index contributed by atoms with van der Waals surface area (Å²) in [5, 5.41) is 10.9. The van der Waals surface area contributed by atoms with Crippen molar-refractivity contribution in [2.45, 2.75) is 161 Å². The van der Waals surface area contributed by atoms with Crippen molar-refractivity contribution in [3.63, 3.8) is 0 Å². The maximum Gasteiger partial charge on any atom is 0.303 e. The third-order valence-corrected chi connectivity index (χ3v) is 8.83. The van der Waals surface area contributed by atoms with Crippen LogP contribution in [0.25, 0.3) is 0 Å². The molecule has 3 aliphatic heterocycles. The molecule has 0 aromatic carbocycles. The molecule has 3 saturated heterocycles. The Hall–Kier alpha value is -5.54. The van der Waals surface area contributed by atoms with Crippen molar-refractivity contribution in [2.24, 2.45) is 0 Å². The Morgan fingerprint density at radius 3 is 1.05 bits per heavy atom. The molecule has 3 rings (SSSR count). The highest BCUT2D eigenvalue weighted by Crippen LogP contribution is 2.36. The van der Waals surface area contributed by atoms with Crippen LogP contribution in [0.2, 0.25) is 0 Å².